The van der Waals surface area contributed by atoms with Crippen molar-refractivity contribution in [2.75, 3.05) is 0 Å². The van der Waals surface area contributed by atoms with Crippen LogP contribution in [0.15, 0.2) is 24.3 Å². The van der Waals surface area contributed by atoms with Crippen molar-refractivity contribution in [3.05, 3.63) is 35.4 Å². The van der Waals surface area contributed by atoms with Crippen LogP contribution in [0.1, 0.15) is 51.2 Å². The van der Waals surface area contributed by atoms with Crippen LogP contribution in [0.2, 0.25) is 0 Å². The third-order valence-corrected chi connectivity index (χ3v) is 4.00. The monoisotopic (exact) mass is 260 g/mol. The Kier molecular flexibility index (Phi) is 4.28. The Morgan fingerprint density at radius 2 is 2.00 bits per heavy atom. The Bertz CT molecular complexity index is 448. The van der Waals surface area contributed by atoms with Gasteiger partial charge < -0.3 is 4.74 Å². The Hall–Kier alpha value is -1.31. The van der Waals surface area contributed by atoms with Crippen LogP contribution in [-0.4, -0.2) is 12.1 Å². The van der Waals surface area contributed by atoms with Crippen molar-refractivity contribution in [1.82, 2.24) is 0 Å². The first-order valence-corrected chi connectivity index (χ1v) is 7.31. The van der Waals surface area contributed by atoms with Gasteiger partial charge in [0.1, 0.15) is 6.10 Å². The molecule has 0 aliphatic heterocycles. The average Bonchev–Trinajstić information content (AvgIpc) is 2.38. The van der Waals surface area contributed by atoms with E-state index in [0.29, 0.717) is 0 Å². The van der Waals surface area contributed by atoms with Gasteiger partial charge in [-0.25, -0.2) is 0 Å². The van der Waals surface area contributed by atoms with Crippen molar-refractivity contribution in [1.29, 1.82) is 0 Å². The minimum Gasteiger partial charge on any atom is -0.462 e. The van der Waals surface area contributed by atoms with Gasteiger partial charge in [0.2, 0.25) is 0 Å². The number of benzene rings is 1. The molecular weight excluding hydrogens is 236 g/mol. The predicted octanol–water partition coefficient (Wildman–Crippen LogP) is 3.91. The number of hydrogen-bond donors (Lipinski definition) is 0. The van der Waals surface area contributed by atoms with E-state index in [1.807, 2.05) is 13.8 Å². The van der Waals surface area contributed by atoms with E-state index in [0.717, 1.165) is 32.1 Å². The largest absolute Gasteiger partial charge is 0.462 e. The highest BCUT2D eigenvalue weighted by Gasteiger charge is 2.31. The van der Waals surface area contributed by atoms with Crippen molar-refractivity contribution >= 4 is 5.97 Å². The Morgan fingerprint density at radius 1 is 1.32 bits per heavy atom. The van der Waals surface area contributed by atoms with Gasteiger partial charge in [0.05, 0.1) is 5.41 Å². The van der Waals surface area contributed by atoms with Crippen LogP contribution in [0.25, 0.3) is 0 Å². The molecule has 1 aliphatic rings. The van der Waals surface area contributed by atoms with Gasteiger partial charge in [-0.3, -0.25) is 4.79 Å². The van der Waals surface area contributed by atoms with E-state index in [1.54, 1.807) is 0 Å². The van der Waals surface area contributed by atoms with Gasteiger partial charge in [0.25, 0.3) is 0 Å². The zero-order valence-corrected chi connectivity index (χ0v) is 12.2. The first-order chi connectivity index (χ1) is 9.03. The second-order valence-electron chi connectivity index (χ2n) is 6.17. The molecule has 1 aromatic rings. The second-order valence-corrected chi connectivity index (χ2v) is 6.17. The van der Waals surface area contributed by atoms with Gasteiger partial charge >= 0.3 is 5.97 Å². The molecule has 2 rings (SSSR count). The summed E-state index contributed by atoms with van der Waals surface area (Å²) in [6.07, 6.45) is 4.78. The Labute approximate surface area is 116 Å². The number of rotatable bonds is 4. The summed E-state index contributed by atoms with van der Waals surface area (Å²) < 4.78 is 5.73. The fourth-order valence-corrected chi connectivity index (χ4v) is 2.80. The fourth-order valence-electron chi connectivity index (χ4n) is 2.80. The van der Waals surface area contributed by atoms with Crippen LogP contribution in [0, 0.1) is 5.41 Å². The first-order valence-electron chi connectivity index (χ1n) is 7.31. The maximum atomic E-state index is 12.2. The number of carbonyl (C=O) groups is 1. The smallest absolute Gasteiger partial charge is 0.311 e. The Morgan fingerprint density at radius 3 is 2.68 bits per heavy atom. The zero-order chi connectivity index (χ0) is 13.9. The third-order valence-electron chi connectivity index (χ3n) is 4.00. The molecule has 2 heteroatoms. The van der Waals surface area contributed by atoms with E-state index in [9.17, 15) is 4.79 Å². The molecule has 0 N–H and O–H groups in total. The highest BCUT2D eigenvalue weighted by Crippen LogP contribution is 2.28. The van der Waals surface area contributed by atoms with Gasteiger partial charge in [-0.1, -0.05) is 37.6 Å². The van der Waals surface area contributed by atoms with Crippen molar-refractivity contribution in [2.45, 2.75) is 59.0 Å². The number of esters is 1. The molecule has 0 amide bonds. The second kappa shape index (κ2) is 5.77. The normalized spacial score (nSPS) is 18.8. The molecule has 104 valence electrons. The molecule has 0 fully saturated rings. The molecule has 0 aromatic heterocycles. The summed E-state index contributed by atoms with van der Waals surface area (Å²) in [6, 6.07) is 8.46. The number of fused-ring (bicyclic) bond motifs is 1. The predicted molar refractivity (Wildman–Crippen MR) is 77.0 cm³/mol. The number of carbonyl (C=O) groups excluding carboxylic acids is 1. The van der Waals surface area contributed by atoms with Gasteiger partial charge in [0, 0.05) is 6.42 Å². The SMILES string of the molecule is CCCC(C)(C)C(=O)OC1CCc2ccccc2C1. The quantitative estimate of drug-likeness (QED) is 0.767. The topological polar surface area (TPSA) is 26.3 Å². The van der Waals surface area contributed by atoms with Gasteiger partial charge in [-0.05, 0) is 44.2 Å². The van der Waals surface area contributed by atoms with E-state index in [1.165, 1.54) is 11.1 Å². The first kappa shape index (κ1) is 14.1. The molecule has 0 radical (unpaired) electrons. The molecule has 0 saturated heterocycles. The number of hydrogen-bond acceptors (Lipinski definition) is 2. The minimum atomic E-state index is -0.355. The molecule has 0 bridgehead atoms. The maximum Gasteiger partial charge on any atom is 0.311 e. The zero-order valence-electron chi connectivity index (χ0n) is 12.2. The number of aryl methyl sites for hydroxylation is 1. The van der Waals surface area contributed by atoms with E-state index in [2.05, 4.69) is 31.2 Å². The van der Waals surface area contributed by atoms with Crippen molar-refractivity contribution < 1.29 is 9.53 Å². The van der Waals surface area contributed by atoms with Crippen LogP contribution < -0.4 is 0 Å². The van der Waals surface area contributed by atoms with Crippen LogP contribution >= 0.6 is 0 Å². The molecular formula is C17H24O2. The van der Waals surface area contributed by atoms with E-state index in [-0.39, 0.29) is 17.5 Å². The summed E-state index contributed by atoms with van der Waals surface area (Å²) in [4.78, 5) is 12.2. The standard InChI is InChI=1S/C17H24O2/c1-4-11-17(2,3)16(18)19-15-10-9-13-7-5-6-8-14(13)12-15/h5-8,15H,4,9-12H2,1-3H3. The van der Waals surface area contributed by atoms with E-state index >= 15 is 0 Å². The Balaban J connectivity index is 1.97. The molecule has 1 aliphatic carbocycles. The number of ether oxygens (including phenoxy) is 1. The lowest BCUT2D eigenvalue weighted by atomic mass is 9.87. The van der Waals surface area contributed by atoms with Crippen LogP contribution in [0.3, 0.4) is 0 Å². The molecule has 0 spiro atoms. The summed E-state index contributed by atoms with van der Waals surface area (Å²) >= 11 is 0. The van der Waals surface area contributed by atoms with Gasteiger partial charge in [-0.15, -0.1) is 0 Å². The van der Waals surface area contributed by atoms with Crippen molar-refractivity contribution in [3.63, 3.8) is 0 Å². The summed E-state index contributed by atoms with van der Waals surface area (Å²) in [5, 5.41) is 0. The van der Waals surface area contributed by atoms with Crippen molar-refractivity contribution in [3.8, 4) is 0 Å². The molecule has 1 aromatic carbocycles. The van der Waals surface area contributed by atoms with Crippen LogP contribution in [0.5, 0.6) is 0 Å². The molecule has 19 heavy (non-hydrogen) atoms. The van der Waals surface area contributed by atoms with Gasteiger partial charge in [0.15, 0.2) is 0 Å². The maximum absolute atomic E-state index is 12.2. The molecule has 1 atom stereocenters. The van der Waals surface area contributed by atoms with Crippen LogP contribution in [0.4, 0.5) is 0 Å². The lowest BCUT2D eigenvalue weighted by Gasteiger charge is -2.29. The van der Waals surface area contributed by atoms with E-state index < -0.39 is 0 Å². The highest BCUT2D eigenvalue weighted by molar-refractivity contribution is 5.76. The van der Waals surface area contributed by atoms with Gasteiger partial charge in [-0.2, -0.15) is 0 Å². The minimum absolute atomic E-state index is 0.0428. The summed E-state index contributed by atoms with van der Waals surface area (Å²) in [7, 11) is 0. The summed E-state index contributed by atoms with van der Waals surface area (Å²) in [5.74, 6) is -0.0428. The third kappa shape index (κ3) is 3.37. The van der Waals surface area contributed by atoms with E-state index in [4.69, 9.17) is 4.74 Å². The molecule has 1 unspecified atom stereocenters. The molecule has 2 nitrogen and oxygen atoms in total. The fraction of sp³-hybridized carbons (Fsp3) is 0.588. The van der Waals surface area contributed by atoms with Crippen molar-refractivity contribution in [2.24, 2.45) is 5.41 Å². The summed E-state index contributed by atoms with van der Waals surface area (Å²) in [5.41, 5.74) is 2.38. The lowest BCUT2D eigenvalue weighted by molar-refractivity contribution is -0.160. The lowest BCUT2D eigenvalue weighted by Crippen LogP contribution is -2.33. The average molecular weight is 260 g/mol. The van der Waals surface area contributed by atoms with Crippen LogP contribution in [-0.2, 0) is 22.4 Å². The molecule has 0 saturated carbocycles. The molecule has 0 heterocycles. The highest BCUT2D eigenvalue weighted by atomic mass is 16.5. The summed E-state index contributed by atoms with van der Waals surface area (Å²) in [6.45, 7) is 6.07.